The molecule has 1 fully saturated rings. The van der Waals surface area contributed by atoms with Crippen LogP contribution in [0.3, 0.4) is 0 Å². The van der Waals surface area contributed by atoms with Gasteiger partial charge in [0, 0.05) is 0 Å². The van der Waals surface area contributed by atoms with Crippen molar-refractivity contribution in [1.82, 2.24) is 4.90 Å². The van der Waals surface area contributed by atoms with Gasteiger partial charge in [-0.25, -0.2) is 14.5 Å². The highest BCUT2D eigenvalue weighted by atomic mass is 16.6. The molecule has 2 amide bonds. The van der Waals surface area contributed by atoms with Gasteiger partial charge in [-0.05, 0) is 31.0 Å². The van der Waals surface area contributed by atoms with E-state index in [1.165, 1.54) is 0 Å². The Hall–Kier alpha value is -2.37. The van der Waals surface area contributed by atoms with E-state index < -0.39 is 24.6 Å². The number of carbonyl (C=O) groups is 3. The minimum absolute atomic E-state index is 0.176. The second-order valence-corrected chi connectivity index (χ2v) is 4.48. The van der Waals surface area contributed by atoms with E-state index in [1.54, 1.807) is 12.1 Å². The molecule has 1 aliphatic rings. The Balaban J connectivity index is 1.97. The molecule has 0 atom stereocenters. The van der Waals surface area contributed by atoms with Gasteiger partial charge in [-0.15, -0.1) is 0 Å². The summed E-state index contributed by atoms with van der Waals surface area (Å²) in [7, 11) is 0. The number of ether oxygens (including phenoxy) is 2. The van der Waals surface area contributed by atoms with Crippen LogP contribution in [0.4, 0.5) is 4.79 Å². The summed E-state index contributed by atoms with van der Waals surface area (Å²) in [5, 5.41) is 0. The molecule has 2 rings (SSSR count). The predicted molar refractivity (Wildman–Crippen MR) is 69.3 cm³/mol. The molecule has 0 aromatic heterocycles. The number of nitrogens with zero attached hydrogens (tertiary/aromatic N) is 1. The Morgan fingerprint density at radius 1 is 1.35 bits per heavy atom. The molecular formula is C14H15NO5. The molecule has 0 radical (unpaired) electrons. The molecule has 1 saturated heterocycles. The fraction of sp³-hybridized carbons (Fsp3) is 0.357. The highest BCUT2D eigenvalue weighted by Gasteiger charge is 2.29. The van der Waals surface area contributed by atoms with Gasteiger partial charge in [0.25, 0.3) is 5.91 Å². The Morgan fingerprint density at radius 2 is 2.10 bits per heavy atom. The molecule has 1 heterocycles. The number of imide groups is 1. The first-order valence-electron chi connectivity index (χ1n) is 6.21. The molecule has 0 unspecified atom stereocenters. The molecule has 0 N–H and O–H groups in total. The normalized spacial score (nSPS) is 14.1. The fourth-order valence-corrected chi connectivity index (χ4v) is 1.88. The minimum Gasteiger partial charge on any atom is -0.452 e. The molecule has 0 bridgehead atoms. The van der Waals surface area contributed by atoms with Crippen LogP contribution in [0, 0.1) is 13.8 Å². The van der Waals surface area contributed by atoms with Crippen LogP contribution in [0.1, 0.15) is 21.5 Å². The van der Waals surface area contributed by atoms with E-state index in [2.05, 4.69) is 4.74 Å². The molecule has 20 heavy (non-hydrogen) atoms. The van der Waals surface area contributed by atoms with E-state index in [4.69, 9.17) is 4.74 Å². The summed E-state index contributed by atoms with van der Waals surface area (Å²) in [5.41, 5.74) is 2.20. The topological polar surface area (TPSA) is 72.9 Å². The number of esters is 1. The number of hydrogen-bond donors (Lipinski definition) is 0. The van der Waals surface area contributed by atoms with Gasteiger partial charge in [0.2, 0.25) is 0 Å². The Morgan fingerprint density at radius 3 is 2.75 bits per heavy atom. The van der Waals surface area contributed by atoms with E-state index in [-0.39, 0.29) is 13.2 Å². The summed E-state index contributed by atoms with van der Waals surface area (Å²) < 4.78 is 9.59. The Bertz CT molecular complexity index is 567. The molecule has 1 aromatic rings. The maximum atomic E-state index is 11.9. The predicted octanol–water partition coefficient (Wildman–Crippen LogP) is 1.44. The lowest BCUT2D eigenvalue weighted by Crippen LogP contribution is -2.35. The van der Waals surface area contributed by atoms with Crippen molar-refractivity contribution in [1.29, 1.82) is 0 Å². The van der Waals surface area contributed by atoms with Crippen molar-refractivity contribution >= 4 is 18.0 Å². The monoisotopic (exact) mass is 277 g/mol. The molecule has 0 spiro atoms. The van der Waals surface area contributed by atoms with Crippen molar-refractivity contribution in [3.05, 3.63) is 34.9 Å². The van der Waals surface area contributed by atoms with Gasteiger partial charge in [0.05, 0.1) is 12.1 Å². The average Bonchev–Trinajstić information content (AvgIpc) is 2.85. The van der Waals surface area contributed by atoms with E-state index in [1.807, 2.05) is 19.9 Å². The van der Waals surface area contributed by atoms with Gasteiger partial charge >= 0.3 is 12.1 Å². The summed E-state index contributed by atoms with van der Waals surface area (Å²) in [6, 6.07) is 5.27. The molecule has 1 aliphatic heterocycles. The molecule has 0 aliphatic carbocycles. The first-order valence-corrected chi connectivity index (χ1v) is 6.21. The van der Waals surface area contributed by atoms with Gasteiger partial charge in [-0.2, -0.15) is 0 Å². The number of rotatable bonds is 3. The van der Waals surface area contributed by atoms with Crippen molar-refractivity contribution in [3.63, 3.8) is 0 Å². The SMILES string of the molecule is Cc1cccc(C(=O)OCC(=O)N2CCOC2=O)c1C. The number of aryl methyl sites for hydroxylation is 1. The lowest BCUT2D eigenvalue weighted by molar-refractivity contribution is -0.131. The van der Waals surface area contributed by atoms with Crippen LogP contribution in [-0.2, 0) is 14.3 Å². The van der Waals surface area contributed by atoms with Gasteiger partial charge in [-0.1, -0.05) is 12.1 Å². The number of amides is 2. The van der Waals surface area contributed by atoms with Crippen LogP contribution in [0.2, 0.25) is 0 Å². The third-order valence-corrected chi connectivity index (χ3v) is 3.21. The summed E-state index contributed by atoms with van der Waals surface area (Å²) >= 11 is 0. The summed E-state index contributed by atoms with van der Waals surface area (Å²) in [6.45, 7) is 3.60. The average molecular weight is 277 g/mol. The van der Waals surface area contributed by atoms with Crippen molar-refractivity contribution < 1.29 is 23.9 Å². The summed E-state index contributed by atoms with van der Waals surface area (Å²) in [4.78, 5) is 35.7. The number of benzene rings is 1. The van der Waals surface area contributed by atoms with E-state index in [0.29, 0.717) is 5.56 Å². The largest absolute Gasteiger partial charge is 0.452 e. The number of carbonyl (C=O) groups excluding carboxylic acids is 3. The highest BCUT2D eigenvalue weighted by Crippen LogP contribution is 2.14. The fourth-order valence-electron chi connectivity index (χ4n) is 1.88. The molecule has 106 valence electrons. The van der Waals surface area contributed by atoms with Crippen LogP contribution < -0.4 is 0 Å². The van der Waals surface area contributed by atoms with Crippen molar-refractivity contribution in [3.8, 4) is 0 Å². The van der Waals surface area contributed by atoms with Crippen LogP contribution in [0.15, 0.2) is 18.2 Å². The lowest BCUT2D eigenvalue weighted by atomic mass is 10.0. The second-order valence-electron chi connectivity index (χ2n) is 4.48. The quantitative estimate of drug-likeness (QED) is 0.782. The molecular weight excluding hydrogens is 262 g/mol. The molecule has 6 heteroatoms. The molecule has 1 aromatic carbocycles. The molecule has 0 saturated carbocycles. The third-order valence-electron chi connectivity index (χ3n) is 3.21. The maximum absolute atomic E-state index is 11.9. The molecule has 6 nitrogen and oxygen atoms in total. The van der Waals surface area contributed by atoms with E-state index in [0.717, 1.165) is 16.0 Å². The van der Waals surface area contributed by atoms with Gasteiger partial charge < -0.3 is 9.47 Å². The van der Waals surface area contributed by atoms with Crippen LogP contribution in [0.25, 0.3) is 0 Å². The lowest BCUT2D eigenvalue weighted by Gasteiger charge is -2.12. The van der Waals surface area contributed by atoms with Gasteiger partial charge in [0.15, 0.2) is 6.61 Å². The smallest absolute Gasteiger partial charge is 0.416 e. The zero-order chi connectivity index (χ0) is 14.7. The number of hydrogen-bond acceptors (Lipinski definition) is 5. The highest BCUT2D eigenvalue weighted by molar-refractivity contribution is 5.96. The second kappa shape index (κ2) is 5.73. The first-order chi connectivity index (χ1) is 9.50. The van der Waals surface area contributed by atoms with Crippen molar-refractivity contribution in [2.75, 3.05) is 19.8 Å². The Kier molecular flexibility index (Phi) is 4.02. The van der Waals surface area contributed by atoms with E-state index >= 15 is 0 Å². The first kappa shape index (κ1) is 14.0. The summed E-state index contributed by atoms with van der Waals surface area (Å²) in [5.74, 6) is -1.15. The van der Waals surface area contributed by atoms with Crippen LogP contribution >= 0.6 is 0 Å². The van der Waals surface area contributed by atoms with Gasteiger partial charge in [0.1, 0.15) is 6.61 Å². The van der Waals surface area contributed by atoms with E-state index in [9.17, 15) is 14.4 Å². The van der Waals surface area contributed by atoms with Crippen LogP contribution in [-0.4, -0.2) is 42.6 Å². The standard InChI is InChI=1S/C14H15NO5/c1-9-4-3-5-11(10(9)2)13(17)20-8-12(16)15-6-7-19-14(15)18/h3-5H,6-8H2,1-2H3. The third kappa shape index (κ3) is 2.79. The minimum atomic E-state index is -0.696. The summed E-state index contributed by atoms with van der Waals surface area (Å²) in [6.07, 6.45) is -0.696. The Labute approximate surface area is 116 Å². The maximum Gasteiger partial charge on any atom is 0.416 e. The van der Waals surface area contributed by atoms with Crippen molar-refractivity contribution in [2.24, 2.45) is 0 Å². The number of cyclic esters (lactones) is 1. The zero-order valence-corrected chi connectivity index (χ0v) is 11.3. The zero-order valence-electron chi connectivity index (χ0n) is 11.3. The van der Waals surface area contributed by atoms with Gasteiger partial charge in [-0.3, -0.25) is 4.79 Å². The van der Waals surface area contributed by atoms with Crippen molar-refractivity contribution in [2.45, 2.75) is 13.8 Å². The van der Waals surface area contributed by atoms with Crippen LogP contribution in [0.5, 0.6) is 0 Å².